The molecular weight excluding hydrogens is 186 g/mol. The molecule has 1 N–H and O–H groups in total. The van der Waals surface area contributed by atoms with Crippen LogP contribution in [-0.2, 0) is 0 Å². The second kappa shape index (κ2) is 6.49. The lowest BCUT2D eigenvalue weighted by Crippen LogP contribution is -2.40. The van der Waals surface area contributed by atoms with Crippen molar-refractivity contribution in [2.24, 2.45) is 5.92 Å². The number of aliphatic hydroxyl groups excluding tert-OH is 1. The molecule has 0 bridgehead atoms. The summed E-state index contributed by atoms with van der Waals surface area (Å²) in [5, 5.41) is 9.96. The average Bonchev–Trinajstić information content (AvgIpc) is 3.06. The fourth-order valence-electron chi connectivity index (χ4n) is 1.98. The first-order chi connectivity index (χ1) is 7.19. The van der Waals surface area contributed by atoms with E-state index in [0.717, 1.165) is 13.1 Å². The van der Waals surface area contributed by atoms with Gasteiger partial charge in [-0.25, -0.2) is 0 Å². The fourth-order valence-corrected chi connectivity index (χ4v) is 1.98. The van der Waals surface area contributed by atoms with Gasteiger partial charge in [-0.3, -0.25) is 4.90 Å². The van der Waals surface area contributed by atoms with Crippen LogP contribution in [0.25, 0.3) is 0 Å². The normalized spacial score (nSPS) is 20.6. The van der Waals surface area contributed by atoms with Gasteiger partial charge in [0.05, 0.1) is 6.10 Å². The molecule has 2 nitrogen and oxygen atoms in total. The summed E-state index contributed by atoms with van der Waals surface area (Å²) in [7, 11) is 0. The smallest absolute Gasteiger partial charge is 0.0695 e. The molecule has 0 saturated heterocycles. The second-order valence-corrected chi connectivity index (χ2v) is 5.01. The van der Waals surface area contributed by atoms with Crippen LogP contribution in [0.4, 0.5) is 0 Å². The van der Waals surface area contributed by atoms with Crippen molar-refractivity contribution in [1.82, 2.24) is 4.90 Å². The average molecular weight is 213 g/mol. The van der Waals surface area contributed by atoms with Crippen molar-refractivity contribution in [2.75, 3.05) is 13.1 Å². The minimum absolute atomic E-state index is 0.0733. The standard InChI is InChI=1S/C13H27NO/c1-4-6-9-14(11(3)5-2)10-13(15)12-7-8-12/h11-13,15H,4-10H2,1-3H3. The first kappa shape index (κ1) is 13.0. The molecule has 0 aromatic heterocycles. The molecular formula is C13H27NO. The number of aliphatic hydroxyl groups is 1. The van der Waals surface area contributed by atoms with E-state index in [2.05, 4.69) is 25.7 Å². The van der Waals surface area contributed by atoms with E-state index in [1.165, 1.54) is 32.1 Å². The van der Waals surface area contributed by atoms with Crippen molar-refractivity contribution in [3.8, 4) is 0 Å². The zero-order valence-corrected chi connectivity index (χ0v) is 10.6. The highest BCUT2D eigenvalue weighted by Crippen LogP contribution is 2.33. The van der Waals surface area contributed by atoms with Crippen LogP contribution in [0.1, 0.15) is 52.9 Å². The van der Waals surface area contributed by atoms with Crippen LogP contribution in [0.5, 0.6) is 0 Å². The van der Waals surface area contributed by atoms with Gasteiger partial charge in [-0.1, -0.05) is 20.3 Å². The van der Waals surface area contributed by atoms with Crippen LogP contribution in [-0.4, -0.2) is 35.2 Å². The van der Waals surface area contributed by atoms with Crippen molar-refractivity contribution < 1.29 is 5.11 Å². The van der Waals surface area contributed by atoms with Gasteiger partial charge in [0.25, 0.3) is 0 Å². The van der Waals surface area contributed by atoms with Crippen LogP contribution in [0.15, 0.2) is 0 Å². The summed E-state index contributed by atoms with van der Waals surface area (Å²) < 4.78 is 0. The van der Waals surface area contributed by atoms with E-state index in [9.17, 15) is 5.11 Å². The van der Waals surface area contributed by atoms with E-state index in [0.29, 0.717) is 12.0 Å². The van der Waals surface area contributed by atoms with Gasteiger partial charge >= 0.3 is 0 Å². The summed E-state index contributed by atoms with van der Waals surface area (Å²) in [6.07, 6.45) is 6.08. The number of hydrogen-bond acceptors (Lipinski definition) is 2. The molecule has 90 valence electrons. The Balaban J connectivity index is 2.32. The van der Waals surface area contributed by atoms with Crippen molar-refractivity contribution in [3.63, 3.8) is 0 Å². The summed E-state index contributed by atoms with van der Waals surface area (Å²) in [5.74, 6) is 0.609. The Hall–Kier alpha value is -0.0800. The maximum absolute atomic E-state index is 9.96. The topological polar surface area (TPSA) is 23.5 Å². The third-order valence-electron chi connectivity index (χ3n) is 3.60. The van der Waals surface area contributed by atoms with Crippen LogP contribution in [0.3, 0.4) is 0 Å². The lowest BCUT2D eigenvalue weighted by Gasteiger charge is -2.30. The molecule has 1 saturated carbocycles. The molecule has 0 radical (unpaired) electrons. The third kappa shape index (κ3) is 4.52. The molecule has 15 heavy (non-hydrogen) atoms. The first-order valence-electron chi connectivity index (χ1n) is 6.61. The summed E-state index contributed by atoms with van der Waals surface area (Å²) in [6, 6.07) is 0.616. The molecule has 0 amide bonds. The molecule has 0 spiro atoms. The van der Waals surface area contributed by atoms with Crippen molar-refractivity contribution >= 4 is 0 Å². The molecule has 1 rings (SSSR count). The highest BCUT2D eigenvalue weighted by molar-refractivity contribution is 4.83. The highest BCUT2D eigenvalue weighted by Gasteiger charge is 2.31. The van der Waals surface area contributed by atoms with Gasteiger partial charge in [-0.2, -0.15) is 0 Å². The molecule has 1 aliphatic rings. The van der Waals surface area contributed by atoms with Crippen molar-refractivity contribution in [2.45, 2.75) is 65.0 Å². The quantitative estimate of drug-likeness (QED) is 0.670. The molecule has 0 aliphatic heterocycles. The van der Waals surface area contributed by atoms with Gasteiger partial charge in [-0.05, 0) is 45.1 Å². The van der Waals surface area contributed by atoms with Crippen molar-refractivity contribution in [1.29, 1.82) is 0 Å². The molecule has 2 heteroatoms. The van der Waals surface area contributed by atoms with Gasteiger partial charge in [-0.15, -0.1) is 0 Å². The first-order valence-corrected chi connectivity index (χ1v) is 6.61. The Morgan fingerprint density at radius 2 is 2.00 bits per heavy atom. The lowest BCUT2D eigenvalue weighted by molar-refractivity contribution is 0.0745. The molecule has 0 aromatic rings. The molecule has 1 aliphatic carbocycles. The Labute approximate surface area is 94.7 Å². The zero-order valence-electron chi connectivity index (χ0n) is 10.6. The van der Waals surface area contributed by atoms with E-state index in [1.54, 1.807) is 0 Å². The van der Waals surface area contributed by atoms with Crippen LogP contribution in [0, 0.1) is 5.92 Å². The monoisotopic (exact) mass is 213 g/mol. The summed E-state index contributed by atoms with van der Waals surface area (Å²) >= 11 is 0. The molecule has 2 unspecified atom stereocenters. The SMILES string of the molecule is CCCCN(CC(O)C1CC1)C(C)CC. The Morgan fingerprint density at radius 3 is 2.47 bits per heavy atom. The predicted octanol–water partition coefficient (Wildman–Crippen LogP) is 2.66. The van der Waals surface area contributed by atoms with Gasteiger partial charge in [0.2, 0.25) is 0 Å². The van der Waals surface area contributed by atoms with Crippen LogP contribution < -0.4 is 0 Å². The van der Waals surface area contributed by atoms with Crippen LogP contribution >= 0.6 is 0 Å². The number of rotatable bonds is 8. The van der Waals surface area contributed by atoms with Crippen LogP contribution in [0.2, 0.25) is 0 Å². The van der Waals surface area contributed by atoms with E-state index in [1.807, 2.05) is 0 Å². The van der Waals surface area contributed by atoms with E-state index in [4.69, 9.17) is 0 Å². The lowest BCUT2D eigenvalue weighted by atomic mass is 10.1. The zero-order chi connectivity index (χ0) is 11.3. The molecule has 1 fully saturated rings. The number of hydrogen-bond donors (Lipinski definition) is 1. The highest BCUT2D eigenvalue weighted by atomic mass is 16.3. The Bertz CT molecular complexity index is 168. The van der Waals surface area contributed by atoms with Gasteiger partial charge in [0.1, 0.15) is 0 Å². The van der Waals surface area contributed by atoms with Gasteiger partial charge < -0.3 is 5.11 Å². The van der Waals surface area contributed by atoms with E-state index >= 15 is 0 Å². The van der Waals surface area contributed by atoms with Crippen molar-refractivity contribution in [3.05, 3.63) is 0 Å². The predicted molar refractivity (Wildman–Crippen MR) is 65.0 cm³/mol. The minimum atomic E-state index is -0.0733. The van der Waals surface area contributed by atoms with E-state index < -0.39 is 0 Å². The number of nitrogens with zero attached hydrogens (tertiary/aromatic N) is 1. The summed E-state index contributed by atoms with van der Waals surface area (Å²) in [6.45, 7) is 8.77. The summed E-state index contributed by atoms with van der Waals surface area (Å²) in [5.41, 5.74) is 0. The minimum Gasteiger partial charge on any atom is -0.392 e. The Kier molecular flexibility index (Phi) is 5.62. The fraction of sp³-hybridized carbons (Fsp3) is 1.00. The summed E-state index contributed by atoms with van der Waals surface area (Å²) in [4.78, 5) is 2.46. The van der Waals surface area contributed by atoms with E-state index in [-0.39, 0.29) is 6.10 Å². The third-order valence-corrected chi connectivity index (χ3v) is 3.60. The maximum Gasteiger partial charge on any atom is 0.0695 e. The molecule has 0 aromatic carbocycles. The molecule has 2 atom stereocenters. The molecule has 0 heterocycles. The Morgan fingerprint density at radius 1 is 1.33 bits per heavy atom. The maximum atomic E-state index is 9.96. The number of unbranched alkanes of at least 4 members (excludes halogenated alkanes) is 1. The van der Waals surface area contributed by atoms with Gasteiger partial charge in [0.15, 0.2) is 0 Å². The second-order valence-electron chi connectivity index (χ2n) is 5.01. The van der Waals surface area contributed by atoms with Gasteiger partial charge in [0, 0.05) is 12.6 Å². The largest absolute Gasteiger partial charge is 0.392 e.